The van der Waals surface area contributed by atoms with Crippen molar-refractivity contribution in [1.29, 1.82) is 0 Å². The molecule has 2 aromatic rings. The lowest BCUT2D eigenvalue weighted by Crippen LogP contribution is -2.16. The normalized spacial score (nSPS) is 10.2. The highest BCUT2D eigenvalue weighted by Crippen LogP contribution is 2.15. The van der Waals surface area contributed by atoms with E-state index < -0.39 is 11.9 Å². The number of carbonyl (C=O) groups excluding carboxylic acids is 1. The molecule has 0 atom stereocenters. The monoisotopic (exact) mass is 298 g/mol. The van der Waals surface area contributed by atoms with Gasteiger partial charge in [0.05, 0.1) is 11.1 Å². The summed E-state index contributed by atoms with van der Waals surface area (Å²) in [6.07, 6.45) is 1.81. The summed E-state index contributed by atoms with van der Waals surface area (Å²) < 4.78 is 0. The summed E-state index contributed by atoms with van der Waals surface area (Å²) in [4.78, 5) is 23.3. The zero-order valence-corrected chi connectivity index (χ0v) is 12.1. The first-order valence-corrected chi connectivity index (χ1v) is 7.04. The van der Waals surface area contributed by atoms with Crippen molar-refractivity contribution in [2.75, 3.05) is 11.9 Å². The Kier molecular flexibility index (Phi) is 5.27. The molecule has 0 spiro atoms. The first-order chi connectivity index (χ1) is 10.6. The largest absolute Gasteiger partial charge is 0.478 e. The van der Waals surface area contributed by atoms with E-state index in [1.807, 2.05) is 12.1 Å². The molecule has 0 aromatic heterocycles. The Morgan fingerprint density at radius 3 is 2.23 bits per heavy atom. The van der Waals surface area contributed by atoms with Crippen molar-refractivity contribution in [2.24, 2.45) is 5.73 Å². The van der Waals surface area contributed by atoms with Crippen molar-refractivity contribution >= 4 is 17.6 Å². The summed E-state index contributed by atoms with van der Waals surface area (Å²) in [7, 11) is 0. The van der Waals surface area contributed by atoms with Gasteiger partial charge in [-0.25, -0.2) is 4.79 Å². The molecule has 4 N–H and O–H groups in total. The number of amides is 1. The number of rotatable bonds is 6. The number of aromatic carboxylic acids is 1. The van der Waals surface area contributed by atoms with E-state index in [0.717, 1.165) is 18.4 Å². The molecule has 0 bridgehead atoms. The second-order valence-corrected chi connectivity index (χ2v) is 4.89. The van der Waals surface area contributed by atoms with E-state index in [-0.39, 0.29) is 11.1 Å². The Hall–Kier alpha value is -2.66. The van der Waals surface area contributed by atoms with E-state index in [9.17, 15) is 9.59 Å². The topological polar surface area (TPSA) is 92.4 Å². The van der Waals surface area contributed by atoms with Gasteiger partial charge in [-0.05, 0) is 49.2 Å². The van der Waals surface area contributed by atoms with Gasteiger partial charge in [-0.2, -0.15) is 0 Å². The van der Waals surface area contributed by atoms with Crippen LogP contribution >= 0.6 is 0 Å². The van der Waals surface area contributed by atoms with Crippen molar-refractivity contribution in [2.45, 2.75) is 12.8 Å². The molecular formula is C17H18N2O3. The smallest absolute Gasteiger partial charge is 0.336 e. The van der Waals surface area contributed by atoms with Crippen molar-refractivity contribution in [1.82, 2.24) is 0 Å². The highest BCUT2D eigenvalue weighted by Gasteiger charge is 2.15. The molecule has 0 heterocycles. The average Bonchev–Trinajstić information content (AvgIpc) is 2.54. The molecule has 0 fully saturated rings. The van der Waals surface area contributed by atoms with Gasteiger partial charge in [0.15, 0.2) is 0 Å². The van der Waals surface area contributed by atoms with Crippen LogP contribution in [0.3, 0.4) is 0 Å². The molecule has 0 aliphatic rings. The lowest BCUT2D eigenvalue weighted by atomic mass is 10.1. The number of hydrogen-bond acceptors (Lipinski definition) is 3. The van der Waals surface area contributed by atoms with Crippen LogP contribution in [0.25, 0.3) is 0 Å². The fourth-order valence-electron chi connectivity index (χ4n) is 2.13. The highest BCUT2D eigenvalue weighted by atomic mass is 16.4. The summed E-state index contributed by atoms with van der Waals surface area (Å²) in [6, 6.07) is 13.6. The lowest BCUT2D eigenvalue weighted by molar-refractivity contribution is 0.0692. The molecule has 0 aliphatic heterocycles. The number of nitrogens with one attached hydrogen (secondary N) is 1. The molecule has 5 nitrogen and oxygen atoms in total. The van der Waals surface area contributed by atoms with Crippen LogP contribution in [0.5, 0.6) is 0 Å². The van der Waals surface area contributed by atoms with Crippen LogP contribution in [0.1, 0.15) is 32.7 Å². The van der Waals surface area contributed by atoms with E-state index in [1.54, 1.807) is 24.3 Å². The zero-order chi connectivity index (χ0) is 15.9. The molecule has 0 saturated heterocycles. The summed E-state index contributed by atoms with van der Waals surface area (Å²) >= 11 is 0. The second-order valence-electron chi connectivity index (χ2n) is 4.89. The third-order valence-corrected chi connectivity index (χ3v) is 3.28. The predicted octanol–water partition coefficient (Wildman–Crippen LogP) is 2.53. The fourth-order valence-corrected chi connectivity index (χ4v) is 2.13. The maximum atomic E-state index is 12.2. The Morgan fingerprint density at radius 2 is 1.64 bits per heavy atom. The van der Waals surface area contributed by atoms with Crippen LogP contribution in [-0.2, 0) is 6.42 Å². The summed E-state index contributed by atoms with van der Waals surface area (Å²) in [5, 5.41) is 11.8. The minimum Gasteiger partial charge on any atom is -0.478 e. The minimum absolute atomic E-state index is 0.0143. The van der Waals surface area contributed by atoms with E-state index >= 15 is 0 Å². The number of aryl methyl sites for hydroxylation is 1. The highest BCUT2D eigenvalue weighted by molar-refractivity contribution is 6.10. The van der Waals surface area contributed by atoms with Gasteiger partial charge in [-0.3, -0.25) is 4.79 Å². The molecule has 0 saturated carbocycles. The summed E-state index contributed by atoms with van der Waals surface area (Å²) in [5.41, 5.74) is 7.37. The maximum Gasteiger partial charge on any atom is 0.336 e. The number of benzene rings is 2. The van der Waals surface area contributed by atoms with Crippen LogP contribution < -0.4 is 11.1 Å². The number of nitrogens with two attached hydrogens (primary N) is 1. The van der Waals surface area contributed by atoms with Crippen molar-refractivity contribution in [3.8, 4) is 0 Å². The van der Waals surface area contributed by atoms with Crippen LogP contribution in [0, 0.1) is 0 Å². The summed E-state index contributed by atoms with van der Waals surface area (Å²) in [6.45, 7) is 0.643. The van der Waals surface area contributed by atoms with E-state index in [2.05, 4.69) is 5.32 Å². The van der Waals surface area contributed by atoms with Gasteiger partial charge in [-0.15, -0.1) is 0 Å². The standard InChI is InChI=1S/C17H18N2O3/c18-11-3-4-12-7-9-13(10-8-12)19-16(20)14-5-1-2-6-15(14)17(21)22/h1-2,5-10H,3-4,11,18H2,(H,19,20)(H,21,22). The number of carboxylic acid groups (broad SMARTS) is 1. The van der Waals surface area contributed by atoms with E-state index in [1.165, 1.54) is 12.1 Å². The Balaban J connectivity index is 2.10. The molecular weight excluding hydrogens is 280 g/mol. The zero-order valence-electron chi connectivity index (χ0n) is 12.1. The van der Waals surface area contributed by atoms with Gasteiger partial charge >= 0.3 is 5.97 Å². The Labute approximate surface area is 128 Å². The molecule has 114 valence electrons. The average molecular weight is 298 g/mol. The van der Waals surface area contributed by atoms with Crippen LogP contribution in [0.15, 0.2) is 48.5 Å². The van der Waals surface area contributed by atoms with Crippen molar-refractivity contribution in [3.05, 3.63) is 65.2 Å². The molecule has 0 aliphatic carbocycles. The molecule has 22 heavy (non-hydrogen) atoms. The van der Waals surface area contributed by atoms with Gasteiger partial charge in [0.25, 0.3) is 5.91 Å². The first kappa shape index (κ1) is 15.7. The van der Waals surface area contributed by atoms with Crippen LogP contribution in [-0.4, -0.2) is 23.5 Å². The third kappa shape index (κ3) is 3.93. The molecule has 2 rings (SSSR count). The number of carboxylic acids is 1. The molecule has 5 heteroatoms. The van der Waals surface area contributed by atoms with Gasteiger partial charge in [-0.1, -0.05) is 24.3 Å². The van der Waals surface area contributed by atoms with Crippen LogP contribution in [0.2, 0.25) is 0 Å². The SMILES string of the molecule is NCCCc1ccc(NC(=O)c2ccccc2C(=O)O)cc1. The van der Waals surface area contributed by atoms with Gasteiger partial charge < -0.3 is 16.2 Å². The van der Waals surface area contributed by atoms with Gasteiger partial charge in [0.1, 0.15) is 0 Å². The third-order valence-electron chi connectivity index (χ3n) is 3.28. The molecule has 1 amide bonds. The second kappa shape index (κ2) is 7.38. The van der Waals surface area contributed by atoms with Gasteiger partial charge in [0, 0.05) is 5.69 Å². The number of anilines is 1. The lowest BCUT2D eigenvalue weighted by Gasteiger charge is -2.08. The number of hydrogen-bond donors (Lipinski definition) is 3. The number of carbonyl (C=O) groups is 2. The Morgan fingerprint density at radius 1 is 1.00 bits per heavy atom. The quantitative estimate of drug-likeness (QED) is 0.764. The van der Waals surface area contributed by atoms with Crippen molar-refractivity contribution in [3.63, 3.8) is 0 Å². The summed E-state index contributed by atoms with van der Waals surface area (Å²) in [5.74, 6) is -1.56. The predicted molar refractivity (Wildman–Crippen MR) is 85.2 cm³/mol. The van der Waals surface area contributed by atoms with Gasteiger partial charge in [0.2, 0.25) is 0 Å². The van der Waals surface area contributed by atoms with E-state index in [4.69, 9.17) is 10.8 Å². The fraction of sp³-hybridized carbons (Fsp3) is 0.176. The minimum atomic E-state index is -1.12. The van der Waals surface area contributed by atoms with Crippen LogP contribution in [0.4, 0.5) is 5.69 Å². The molecule has 0 radical (unpaired) electrons. The first-order valence-electron chi connectivity index (χ1n) is 7.04. The van der Waals surface area contributed by atoms with Crippen molar-refractivity contribution < 1.29 is 14.7 Å². The maximum absolute atomic E-state index is 12.2. The van der Waals surface area contributed by atoms with E-state index in [0.29, 0.717) is 12.2 Å². The Bertz CT molecular complexity index is 666. The molecule has 0 unspecified atom stereocenters. The molecule has 2 aromatic carbocycles.